The molecular formula is C17H33NO. The molecule has 0 spiro atoms. The van der Waals surface area contributed by atoms with Crippen molar-refractivity contribution < 1.29 is 4.74 Å². The number of ether oxygens (including phenoxy) is 1. The number of hydrogen-bond acceptors (Lipinski definition) is 2. The average molecular weight is 267 g/mol. The second-order valence-electron chi connectivity index (χ2n) is 7.26. The van der Waals surface area contributed by atoms with Gasteiger partial charge in [-0.05, 0) is 50.0 Å². The molecule has 1 heterocycles. The molecule has 1 aliphatic carbocycles. The first-order chi connectivity index (χ1) is 9.15. The smallest absolute Gasteiger partial charge is 0.0612 e. The first-order valence-electron chi connectivity index (χ1n) is 8.50. The SMILES string of the molecule is CC1CCCC(CCNC2CCOC(C(C)C)C2)C1. The second-order valence-corrected chi connectivity index (χ2v) is 7.26. The normalized spacial score (nSPS) is 36.6. The number of hydrogen-bond donors (Lipinski definition) is 1. The van der Waals surface area contributed by atoms with Crippen molar-refractivity contribution in [3.8, 4) is 0 Å². The van der Waals surface area contributed by atoms with Crippen molar-refractivity contribution in [3.63, 3.8) is 0 Å². The standard InChI is InChI=1S/C17H33NO/c1-13(2)17-12-16(8-10-19-17)18-9-7-15-6-4-5-14(3)11-15/h13-18H,4-12H2,1-3H3. The van der Waals surface area contributed by atoms with Crippen LogP contribution in [0.3, 0.4) is 0 Å². The number of nitrogens with one attached hydrogen (secondary N) is 1. The van der Waals surface area contributed by atoms with Gasteiger partial charge in [0.15, 0.2) is 0 Å². The van der Waals surface area contributed by atoms with E-state index in [1.165, 1.54) is 51.5 Å². The minimum Gasteiger partial charge on any atom is -0.378 e. The Morgan fingerprint density at radius 1 is 1.16 bits per heavy atom. The third kappa shape index (κ3) is 5.07. The van der Waals surface area contributed by atoms with E-state index in [1.807, 2.05) is 0 Å². The minimum absolute atomic E-state index is 0.473. The summed E-state index contributed by atoms with van der Waals surface area (Å²) in [6.07, 6.45) is 10.1. The number of rotatable bonds is 5. The van der Waals surface area contributed by atoms with Crippen LogP contribution in [-0.4, -0.2) is 25.3 Å². The topological polar surface area (TPSA) is 21.3 Å². The average Bonchev–Trinajstić information content (AvgIpc) is 2.39. The van der Waals surface area contributed by atoms with Crippen LogP contribution in [0.25, 0.3) is 0 Å². The second kappa shape index (κ2) is 7.64. The van der Waals surface area contributed by atoms with Gasteiger partial charge in [0.2, 0.25) is 0 Å². The molecule has 1 N–H and O–H groups in total. The molecule has 1 saturated carbocycles. The van der Waals surface area contributed by atoms with Crippen LogP contribution in [-0.2, 0) is 4.74 Å². The predicted molar refractivity (Wildman–Crippen MR) is 81.3 cm³/mol. The van der Waals surface area contributed by atoms with E-state index in [0.717, 1.165) is 18.4 Å². The van der Waals surface area contributed by atoms with E-state index in [4.69, 9.17) is 4.74 Å². The van der Waals surface area contributed by atoms with Gasteiger partial charge in [-0.15, -0.1) is 0 Å². The molecule has 2 nitrogen and oxygen atoms in total. The Hall–Kier alpha value is -0.0800. The van der Waals surface area contributed by atoms with Gasteiger partial charge in [-0.2, -0.15) is 0 Å². The summed E-state index contributed by atoms with van der Waals surface area (Å²) >= 11 is 0. The molecule has 4 atom stereocenters. The van der Waals surface area contributed by atoms with Crippen molar-refractivity contribution in [3.05, 3.63) is 0 Å². The lowest BCUT2D eigenvalue weighted by Crippen LogP contribution is -2.41. The molecule has 2 rings (SSSR count). The van der Waals surface area contributed by atoms with Crippen LogP contribution >= 0.6 is 0 Å². The Morgan fingerprint density at radius 2 is 2.00 bits per heavy atom. The van der Waals surface area contributed by atoms with Gasteiger partial charge in [0, 0.05) is 12.6 Å². The molecule has 2 aliphatic rings. The van der Waals surface area contributed by atoms with E-state index in [1.54, 1.807) is 0 Å². The maximum Gasteiger partial charge on any atom is 0.0612 e. The van der Waals surface area contributed by atoms with Gasteiger partial charge >= 0.3 is 0 Å². The van der Waals surface area contributed by atoms with E-state index in [9.17, 15) is 0 Å². The van der Waals surface area contributed by atoms with Crippen LogP contribution in [0.15, 0.2) is 0 Å². The van der Waals surface area contributed by atoms with Crippen LogP contribution in [0, 0.1) is 17.8 Å². The zero-order valence-corrected chi connectivity index (χ0v) is 13.2. The van der Waals surface area contributed by atoms with Crippen molar-refractivity contribution in [1.82, 2.24) is 5.32 Å². The largest absolute Gasteiger partial charge is 0.378 e. The predicted octanol–water partition coefficient (Wildman–Crippen LogP) is 4.00. The van der Waals surface area contributed by atoms with Gasteiger partial charge in [0.25, 0.3) is 0 Å². The lowest BCUT2D eigenvalue weighted by molar-refractivity contribution is -0.0244. The highest BCUT2D eigenvalue weighted by Crippen LogP contribution is 2.30. The highest BCUT2D eigenvalue weighted by atomic mass is 16.5. The highest BCUT2D eigenvalue weighted by molar-refractivity contribution is 4.79. The van der Waals surface area contributed by atoms with Crippen molar-refractivity contribution >= 4 is 0 Å². The van der Waals surface area contributed by atoms with Crippen LogP contribution < -0.4 is 5.32 Å². The Morgan fingerprint density at radius 3 is 2.74 bits per heavy atom. The van der Waals surface area contributed by atoms with Gasteiger partial charge in [0.1, 0.15) is 0 Å². The summed E-state index contributed by atoms with van der Waals surface area (Å²) < 4.78 is 5.84. The van der Waals surface area contributed by atoms with Crippen molar-refractivity contribution in [2.45, 2.75) is 77.9 Å². The first kappa shape index (κ1) is 15.3. The fraction of sp³-hybridized carbons (Fsp3) is 1.00. The molecule has 19 heavy (non-hydrogen) atoms. The third-order valence-electron chi connectivity index (χ3n) is 5.09. The van der Waals surface area contributed by atoms with E-state index in [2.05, 4.69) is 26.1 Å². The Labute approximate surface area is 119 Å². The molecule has 0 aromatic heterocycles. The van der Waals surface area contributed by atoms with Crippen molar-refractivity contribution in [2.24, 2.45) is 17.8 Å². The molecule has 0 radical (unpaired) electrons. The van der Waals surface area contributed by atoms with Crippen LogP contribution in [0.2, 0.25) is 0 Å². The Bertz CT molecular complexity index is 254. The van der Waals surface area contributed by atoms with Crippen molar-refractivity contribution in [2.75, 3.05) is 13.2 Å². The zero-order valence-electron chi connectivity index (χ0n) is 13.2. The van der Waals surface area contributed by atoms with E-state index < -0.39 is 0 Å². The monoisotopic (exact) mass is 267 g/mol. The highest BCUT2D eigenvalue weighted by Gasteiger charge is 2.25. The molecule has 0 amide bonds. The molecule has 1 aliphatic heterocycles. The van der Waals surface area contributed by atoms with E-state index in [0.29, 0.717) is 18.1 Å². The summed E-state index contributed by atoms with van der Waals surface area (Å²) in [6.45, 7) is 9.13. The maximum absolute atomic E-state index is 5.84. The Balaban J connectivity index is 1.62. The molecule has 2 heteroatoms. The maximum atomic E-state index is 5.84. The summed E-state index contributed by atoms with van der Waals surface area (Å²) in [5.41, 5.74) is 0. The van der Waals surface area contributed by atoms with Gasteiger partial charge in [0.05, 0.1) is 6.10 Å². The van der Waals surface area contributed by atoms with E-state index in [-0.39, 0.29) is 0 Å². The fourth-order valence-corrected chi connectivity index (χ4v) is 3.79. The molecule has 2 fully saturated rings. The fourth-order valence-electron chi connectivity index (χ4n) is 3.79. The van der Waals surface area contributed by atoms with E-state index >= 15 is 0 Å². The van der Waals surface area contributed by atoms with Gasteiger partial charge in [-0.1, -0.05) is 40.0 Å². The molecule has 0 aromatic carbocycles. The molecule has 4 unspecified atom stereocenters. The van der Waals surface area contributed by atoms with Gasteiger partial charge in [-0.3, -0.25) is 0 Å². The van der Waals surface area contributed by atoms with Crippen molar-refractivity contribution in [1.29, 1.82) is 0 Å². The van der Waals surface area contributed by atoms with Gasteiger partial charge in [-0.25, -0.2) is 0 Å². The molecule has 112 valence electrons. The summed E-state index contributed by atoms with van der Waals surface area (Å²) in [6, 6.07) is 0.696. The van der Waals surface area contributed by atoms with Crippen LogP contribution in [0.4, 0.5) is 0 Å². The molecule has 1 saturated heterocycles. The molecule has 0 aromatic rings. The lowest BCUT2D eigenvalue weighted by atomic mass is 9.81. The minimum atomic E-state index is 0.473. The summed E-state index contributed by atoms with van der Waals surface area (Å²) in [5.74, 6) is 2.60. The summed E-state index contributed by atoms with van der Waals surface area (Å²) in [4.78, 5) is 0. The lowest BCUT2D eigenvalue weighted by Gasteiger charge is -2.33. The summed E-state index contributed by atoms with van der Waals surface area (Å²) in [5, 5.41) is 3.79. The summed E-state index contributed by atoms with van der Waals surface area (Å²) in [7, 11) is 0. The van der Waals surface area contributed by atoms with Crippen LogP contribution in [0.1, 0.15) is 65.7 Å². The first-order valence-corrected chi connectivity index (χ1v) is 8.50. The van der Waals surface area contributed by atoms with Gasteiger partial charge < -0.3 is 10.1 Å². The van der Waals surface area contributed by atoms with Crippen LogP contribution in [0.5, 0.6) is 0 Å². The Kier molecular flexibility index (Phi) is 6.15. The third-order valence-corrected chi connectivity index (χ3v) is 5.09. The quantitative estimate of drug-likeness (QED) is 0.813. The molecule has 0 bridgehead atoms. The zero-order chi connectivity index (χ0) is 13.7. The molecular weight excluding hydrogens is 234 g/mol.